The summed E-state index contributed by atoms with van der Waals surface area (Å²) < 4.78 is 34.6. The predicted molar refractivity (Wildman–Crippen MR) is 301 cm³/mol. The third-order valence-electron chi connectivity index (χ3n) is 15.5. The second-order valence-corrected chi connectivity index (χ2v) is 21.9. The van der Waals surface area contributed by atoms with Gasteiger partial charge in [-0.1, -0.05) is 120 Å². The van der Waals surface area contributed by atoms with Gasteiger partial charge in [0.05, 0.1) is 83.0 Å². The van der Waals surface area contributed by atoms with Gasteiger partial charge in [-0.2, -0.15) is 9.97 Å². The number of nitrogens with one attached hydrogen (secondary N) is 3. The van der Waals surface area contributed by atoms with E-state index in [9.17, 15) is 25.2 Å². The van der Waals surface area contributed by atoms with Crippen LogP contribution in [0.25, 0.3) is 66.6 Å². The largest absolute Gasteiger partial charge is 0.456 e. The topological polar surface area (TPSA) is 266 Å². The first kappa shape index (κ1) is 55.2. The number of rotatable bonds is 11. The zero-order valence-corrected chi connectivity index (χ0v) is 45.1. The Hall–Kier alpha value is -6.37. The molecule has 9 N–H and O–H groups in total. The summed E-state index contributed by atoms with van der Waals surface area (Å²) in [7, 11) is 0. The van der Waals surface area contributed by atoms with E-state index >= 15 is 0 Å². The number of H-pyrrole nitrogens is 2. The first-order valence-electron chi connectivity index (χ1n) is 26.9. The van der Waals surface area contributed by atoms with Gasteiger partial charge in [-0.15, -0.1) is 0 Å². The van der Waals surface area contributed by atoms with E-state index in [2.05, 4.69) is 66.6 Å². The van der Waals surface area contributed by atoms with Gasteiger partial charge in [-0.3, -0.25) is 9.69 Å². The van der Waals surface area contributed by atoms with Crippen molar-refractivity contribution in [2.75, 3.05) is 52.6 Å². The van der Waals surface area contributed by atoms with Crippen molar-refractivity contribution in [2.24, 2.45) is 0 Å². The second-order valence-electron chi connectivity index (χ2n) is 21.1. The lowest BCUT2D eigenvalue weighted by Crippen LogP contribution is -2.34. The van der Waals surface area contributed by atoms with Gasteiger partial charge in [-0.05, 0) is 63.2 Å². The van der Waals surface area contributed by atoms with Crippen LogP contribution in [0.15, 0.2) is 121 Å². The maximum absolute atomic E-state index is 10.9. The standard InChI is InChI=1S/C30H30ClN3O6.C26H21ClN2O5.C4H9NO2/c31-21-10-23-22(32-30(33-23)40-27-15-39-28-26(37)14-38-29(27)28)9-20(21)19-7-5-18(6-8-19)17-3-1-16(2-4-17)11-34-12-24(35)25(36)13-34;27-19-10-21-20(28-26(29-21)34-23-13-33-24-22(31)12-32-25(23)24)9-18(19)17-7-5-16(6-8-17)15-3-1-14(11-30)2-4-15;6-3-1-5-2-4(3)7/h1-10,24-29,35-37H,11-15H2,(H,32,33);1-11,22-25,31H,12-13H2,(H,28,29);3-7H,1-2H2/t24-,25-,26+,27+,28+,29+;22-,23-,24-,25-;3-,4-/m010/s1. The van der Waals surface area contributed by atoms with Gasteiger partial charge in [0.1, 0.15) is 42.9 Å². The Kier molecular flexibility index (Phi) is 16.2. The molecule has 2 aromatic heterocycles. The highest BCUT2D eigenvalue weighted by atomic mass is 35.5. The van der Waals surface area contributed by atoms with E-state index in [1.807, 2.05) is 72.8 Å². The number of ether oxygens (including phenoxy) is 6. The molecular weight excluding hydrogens is 1080 g/mol. The fourth-order valence-corrected chi connectivity index (χ4v) is 11.6. The molecule has 422 valence electrons. The number of aldehydes is 1. The molecule has 8 aromatic rings. The Balaban J connectivity index is 0.000000145. The Morgan fingerprint density at radius 1 is 0.506 bits per heavy atom. The lowest BCUT2D eigenvalue weighted by Gasteiger charge is -2.15. The van der Waals surface area contributed by atoms with Crippen LogP contribution in [0.5, 0.6) is 12.0 Å². The van der Waals surface area contributed by atoms with Crippen molar-refractivity contribution in [3.8, 4) is 56.5 Å². The van der Waals surface area contributed by atoms with E-state index in [1.54, 1.807) is 12.1 Å². The number of carbonyl (C=O) groups is 1. The Morgan fingerprint density at radius 3 is 1.31 bits per heavy atom. The van der Waals surface area contributed by atoms with Crippen LogP contribution in [0.3, 0.4) is 0 Å². The van der Waals surface area contributed by atoms with Crippen molar-refractivity contribution < 1.29 is 63.9 Å². The summed E-state index contributed by atoms with van der Waals surface area (Å²) in [4.78, 5) is 28.5. The molecule has 6 saturated heterocycles. The van der Waals surface area contributed by atoms with E-state index in [1.165, 1.54) is 0 Å². The first-order valence-corrected chi connectivity index (χ1v) is 27.6. The van der Waals surface area contributed by atoms with Gasteiger partial charge < -0.3 is 74.3 Å². The fraction of sp³-hybridized carbons (Fsp3) is 0.350. The number of imidazole rings is 2. The molecule has 6 aromatic carbocycles. The summed E-state index contributed by atoms with van der Waals surface area (Å²) in [6.45, 7) is 3.88. The number of benzene rings is 6. The molecule has 6 fully saturated rings. The van der Waals surface area contributed by atoms with Crippen LogP contribution < -0.4 is 14.8 Å². The number of fused-ring (bicyclic) bond motifs is 4. The van der Waals surface area contributed by atoms with Crippen molar-refractivity contribution in [3.63, 3.8) is 0 Å². The quantitative estimate of drug-likeness (QED) is 0.0717. The molecule has 0 unspecified atom stereocenters. The van der Waals surface area contributed by atoms with E-state index in [0.717, 1.165) is 78.4 Å². The number of carbonyl (C=O) groups excluding carboxylic acids is 1. The van der Waals surface area contributed by atoms with E-state index < -0.39 is 36.6 Å². The molecule has 0 aliphatic carbocycles. The molecule has 14 rings (SSSR count). The van der Waals surface area contributed by atoms with Gasteiger partial charge in [-0.25, -0.2) is 0 Å². The molecule has 8 heterocycles. The summed E-state index contributed by atoms with van der Waals surface area (Å²) in [5.41, 5.74) is 12.7. The highest BCUT2D eigenvalue weighted by Gasteiger charge is 2.50. The summed E-state index contributed by atoms with van der Waals surface area (Å²) in [5, 5.41) is 60.8. The van der Waals surface area contributed by atoms with Crippen LogP contribution in [0.4, 0.5) is 0 Å². The zero-order valence-electron chi connectivity index (χ0n) is 43.6. The Morgan fingerprint density at radius 2 is 0.901 bits per heavy atom. The van der Waals surface area contributed by atoms with E-state index in [0.29, 0.717) is 73.6 Å². The van der Waals surface area contributed by atoms with E-state index in [-0.39, 0.29) is 49.8 Å². The molecule has 6 aliphatic heterocycles. The molecule has 81 heavy (non-hydrogen) atoms. The third kappa shape index (κ3) is 12.0. The van der Waals surface area contributed by atoms with Crippen molar-refractivity contribution in [2.45, 2.75) is 79.8 Å². The Bertz CT molecular complexity index is 3460. The van der Waals surface area contributed by atoms with Gasteiger partial charge in [0.15, 0.2) is 12.2 Å². The monoisotopic (exact) mass is 1140 g/mol. The molecule has 12 atom stereocenters. The second kappa shape index (κ2) is 23.8. The number of nitrogens with zero attached hydrogens (tertiary/aromatic N) is 3. The Labute approximate surface area is 474 Å². The van der Waals surface area contributed by atoms with E-state index in [4.69, 9.17) is 61.8 Å². The summed E-state index contributed by atoms with van der Waals surface area (Å²) in [6.07, 6.45) is -4.89. The first-order chi connectivity index (χ1) is 39.3. The smallest absolute Gasteiger partial charge is 0.295 e. The van der Waals surface area contributed by atoms with Crippen LogP contribution in [-0.4, -0.2) is 188 Å². The number of aliphatic hydroxyl groups excluding tert-OH is 6. The fourth-order valence-electron chi connectivity index (χ4n) is 11.1. The van der Waals surface area contributed by atoms with Gasteiger partial charge in [0.2, 0.25) is 0 Å². The SMILES string of the molecule is O=Cc1ccc(-c2ccc(-c3cc4nc(O[C@@H]5CO[C@H]6[C@@H]5OC[C@H]6O)[nH]c4cc3Cl)cc2)cc1.O[C@@H]1CO[C@H]2[C@@H]1OC[C@H]2Oc1nc2cc(-c3ccc(-c4ccc(CN5C[C@H](O)[C@@H](O)C5)cc4)cc3)c(Cl)cc2[nH]1.O[C@H]1CNC[C@@H]1O. The number of halogens is 2. The molecule has 0 amide bonds. The van der Waals surface area contributed by atoms with Crippen LogP contribution in [0, 0.1) is 0 Å². The molecule has 21 heteroatoms. The summed E-state index contributed by atoms with van der Waals surface area (Å²) in [5.74, 6) is 0. The van der Waals surface area contributed by atoms with Crippen LogP contribution in [0.1, 0.15) is 15.9 Å². The number of β-amino-alcohol motifs (C(OH)–C–C–N with tert-alkyl or cyclic N) is 4. The van der Waals surface area contributed by atoms with Crippen molar-refractivity contribution >= 4 is 51.6 Å². The van der Waals surface area contributed by atoms with Crippen molar-refractivity contribution in [3.05, 3.63) is 142 Å². The normalized spacial score (nSPS) is 27.7. The number of aliphatic hydroxyl groups is 6. The highest BCUT2D eigenvalue weighted by molar-refractivity contribution is 6.34. The van der Waals surface area contributed by atoms with Crippen LogP contribution in [-0.2, 0) is 25.5 Å². The lowest BCUT2D eigenvalue weighted by molar-refractivity contribution is 0.00704. The lowest BCUT2D eigenvalue weighted by atomic mass is 9.99. The number of hydrogen-bond acceptors (Lipinski definition) is 17. The third-order valence-corrected chi connectivity index (χ3v) is 16.2. The van der Waals surface area contributed by atoms with Crippen LogP contribution >= 0.6 is 23.2 Å². The number of aromatic nitrogens is 4. The highest BCUT2D eigenvalue weighted by Crippen LogP contribution is 2.38. The molecule has 0 bridgehead atoms. The minimum Gasteiger partial charge on any atom is -0.456 e. The van der Waals surface area contributed by atoms with Gasteiger partial charge >= 0.3 is 0 Å². The minimum absolute atomic E-state index is 0.245. The van der Waals surface area contributed by atoms with Crippen molar-refractivity contribution in [1.82, 2.24) is 30.2 Å². The average Bonchev–Trinajstić information content (AvgIpc) is 4.45. The molecule has 0 spiro atoms. The van der Waals surface area contributed by atoms with Gasteiger partial charge in [0, 0.05) is 49.4 Å². The van der Waals surface area contributed by atoms with Crippen molar-refractivity contribution in [1.29, 1.82) is 0 Å². The number of aromatic amines is 2. The number of hydrogen-bond donors (Lipinski definition) is 9. The van der Waals surface area contributed by atoms with Gasteiger partial charge in [0.25, 0.3) is 12.0 Å². The minimum atomic E-state index is -0.673. The average molecular weight is 1140 g/mol. The maximum Gasteiger partial charge on any atom is 0.295 e. The molecule has 6 aliphatic rings. The number of likely N-dealkylation sites (tertiary alicyclic amines) is 1. The summed E-state index contributed by atoms with van der Waals surface area (Å²) in [6, 6.07) is 40.4. The van der Waals surface area contributed by atoms with Crippen LogP contribution in [0.2, 0.25) is 10.0 Å². The molecule has 0 radical (unpaired) electrons. The molecule has 0 saturated carbocycles. The summed E-state index contributed by atoms with van der Waals surface area (Å²) >= 11 is 13.3. The zero-order chi connectivity index (χ0) is 55.9. The predicted octanol–water partition coefficient (Wildman–Crippen LogP) is 5.57. The molecule has 19 nitrogen and oxygen atoms in total. The molecular formula is C60H60Cl2N6O13. The maximum atomic E-state index is 10.9.